The molecule has 150 valence electrons. The highest BCUT2D eigenvalue weighted by Gasteiger charge is 2.31. The van der Waals surface area contributed by atoms with Gasteiger partial charge >= 0.3 is 5.69 Å². The minimum absolute atomic E-state index is 0.0937. The molecule has 3 aromatic heterocycles. The van der Waals surface area contributed by atoms with E-state index in [9.17, 15) is 13.2 Å². The van der Waals surface area contributed by atoms with Gasteiger partial charge in [0.15, 0.2) is 15.5 Å². The minimum Gasteiger partial charge on any atom is -0.283 e. The second-order valence-electron chi connectivity index (χ2n) is 7.52. The second kappa shape index (κ2) is 6.85. The van der Waals surface area contributed by atoms with Crippen molar-refractivity contribution in [3.05, 3.63) is 51.8 Å². The maximum absolute atomic E-state index is 12.5. The molecule has 3 aromatic rings. The van der Waals surface area contributed by atoms with Crippen LogP contribution in [0.25, 0.3) is 5.65 Å². The molecule has 4 rings (SSSR count). The Bertz CT molecular complexity index is 1190. The lowest BCUT2D eigenvalue weighted by Crippen LogP contribution is -2.30. The highest BCUT2D eigenvalue weighted by molar-refractivity contribution is 7.91. The van der Waals surface area contributed by atoms with E-state index in [2.05, 4.69) is 10.2 Å². The van der Waals surface area contributed by atoms with E-state index < -0.39 is 9.84 Å². The van der Waals surface area contributed by atoms with Crippen LogP contribution in [0.4, 0.5) is 0 Å². The van der Waals surface area contributed by atoms with E-state index in [4.69, 9.17) is 0 Å². The van der Waals surface area contributed by atoms with Crippen LogP contribution in [0.2, 0.25) is 0 Å². The predicted octanol–water partition coefficient (Wildman–Crippen LogP) is 0.758. The molecule has 1 unspecified atom stereocenters. The van der Waals surface area contributed by atoms with Crippen LogP contribution in [-0.2, 0) is 23.1 Å². The van der Waals surface area contributed by atoms with E-state index in [0.717, 1.165) is 17.0 Å². The zero-order chi connectivity index (χ0) is 20.1. The van der Waals surface area contributed by atoms with Gasteiger partial charge in [0.1, 0.15) is 0 Å². The molecule has 0 aromatic carbocycles. The summed E-state index contributed by atoms with van der Waals surface area (Å²) in [7, 11) is -1.04. The number of nitrogens with zero attached hydrogens (tertiary/aromatic N) is 6. The lowest BCUT2D eigenvalue weighted by Gasteiger charge is -2.17. The van der Waals surface area contributed by atoms with Gasteiger partial charge in [0.25, 0.3) is 0 Å². The molecular formula is C18H24N6O3S. The summed E-state index contributed by atoms with van der Waals surface area (Å²) in [4.78, 5) is 14.5. The monoisotopic (exact) mass is 404 g/mol. The summed E-state index contributed by atoms with van der Waals surface area (Å²) in [6, 6.07) is 5.35. The van der Waals surface area contributed by atoms with Gasteiger partial charge in [0.05, 0.1) is 29.9 Å². The Hall–Kier alpha value is -2.46. The molecule has 0 saturated carbocycles. The maximum atomic E-state index is 12.5. The molecule has 0 bridgehead atoms. The smallest absolute Gasteiger partial charge is 0.283 e. The van der Waals surface area contributed by atoms with E-state index in [-0.39, 0.29) is 23.2 Å². The molecule has 9 nitrogen and oxygen atoms in total. The van der Waals surface area contributed by atoms with Crippen molar-refractivity contribution in [3.63, 3.8) is 0 Å². The summed E-state index contributed by atoms with van der Waals surface area (Å²) in [6.07, 6.45) is 2.31. The molecule has 28 heavy (non-hydrogen) atoms. The maximum Gasteiger partial charge on any atom is 0.351 e. The summed E-state index contributed by atoms with van der Waals surface area (Å²) >= 11 is 0. The van der Waals surface area contributed by atoms with E-state index in [1.807, 2.05) is 36.5 Å². The molecule has 0 amide bonds. The van der Waals surface area contributed by atoms with E-state index >= 15 is 0 Å². The van der Waals surface area contributed by atoms with Crippen molar-refractivity contribution in [1.82, 2.24) is 28.9 Å². The Morgan fingerprint density at radius 2 is 2.04 bits per heavy atom. The molecule has 0 radical (unpaired) electrons. The van der Waals surface area contributed by atoms with Crippen molar-refractivity contribution in [3.8, 4) is 0 Å². The third-order valence-corrected chi connectivity index (χ3v) is 7.07. The Labute approximate surface area is 163 Å². The fraction of sp³-hybridized carbons (Fsp3) is 0.500. The highest BCUT2D eigenvalue weighted by atomic mass is 32.2. The van der Waals surface area contributed by atoms with Crippen LogP contribution < -0.4 is 5.69 Å². The number of aromatic nitrogens is 5. The van der Waals surface area contributed by atoms with Gasteiger partial charge < -0.3 is 0 Å². The largest absolute Gasteiger partial charge is 0.351 e. The Balaban J connectivity index is 1.54. The molecule has 0 aliphatic carbocycles. The number of pyridine rings is 1. The normalized spacial score (nSPS) is 19.1. The average molecular weight is 404 g/mol. The summed E-state index contributed by atoms with van der Waals surface area (Å²) in [5.74, 6) is 0.378. The highest BCUT2D eigenvalue weighted by Crippen LogP contribution is 2.27. The minimum atomic E-state index is -2.97. The summed E-state index contributed by atoms with van der Waals surface area (Å²) in [5, 5.41) is 8.97. The molecular weight excluding hydrogens is 380 g/mol. The van der Waals surface area contributed by atoms with E-state index in [1.165, 1.54) is 9.08 Å². The molecule has 1 fully saturated rings. The molecule has 1 saturated heterocycles. The van der Waals surface area contributed by atoms with Crippen molar-refractivity contribution in [2.24, 2.45) is 0 Å². The lowest BCUT2D eigenvalue weighted by molar-refractivity contribution is 0.241. The van der Waals surface area contributed by atoms with Crippen LogP contribution in [0, 0.1) is 13.8 Å². The van der Waals surface area contributed by atoms with Crippen molar-refractivity contribution in [2.75, 3.05) is 18.6 Å². The number of hydrogen-bond donors (Lipinski definition) is 0. The fourth-order valence-electron chi connectivity index (χ4n) is 3.86. The van der Waals surface area contributed by atoms with Gasteiger partial charge in [-0.3, -0.25) is 14.0 Å². The third-order valence-electron chi connectivity index (χ3n) is 5.32. The fourth-order valence-corrected chi connectivity index (χ4v) is 5.55. The number of hydrogen-bond acceptors (Lipinski definition) is 6. The Morgan fingerprint density at radius 3 is 2.71 bits per heavy atom. The summed E-state index contributed by atoms with van der Waals surface area (Å²) < 4.78 is 28.4. The van der Waals surface area contributed by atoms with Gasteiger partial charge in [0, 0.05) is 24.0 Å². The molecule has 10 heteroatoms. The van der Waals surface area contributed by atoms with Crippen LogP contribution >= 0.6 is 0 Å². The van der Waals surface area contributed by atoms with Crippen LogP contribution in [0.1, 0.15) is 29.4 Å². The second-order valence-corrected chi connectivity index (χ2v) is 9.75. The Kier molecular flexibility index (Phi) is 4.62. The van der Waals surface area contributed by atoms with Crippen LogP contribution in [0.15, 0.2) is 29.2 Å². The van der Waals surface area contributed by atoms with Crippen LogP contribution in [0.5, 0.6) is 0 Å². The zero-order valence-corrected chi connectivity index (χ0v) is 17.1. The zero-order valence-electron chi connectivity index (χ0n) is 16.2. The van der Waals surface area contributed by atoms with Crippen molar-refractivity contribution in [1.29, 1.82) is 0 Å². The molecule has 1 aliphatic rings. The first kappa shape index (κ1) is 18.9. The van der Waals surface area contributed by atoms with Gasteiger partial charge in [-0.25, -0.2) is 13.2 Å². The topological polar surface area (TPSA) is 94.5 Å². The van der Waals surface area contributed by atoms with Gasteiger partial charge in [-0.2, -0.15) is 9.78 Å². The standard InChI is InChI=1S/C18H24N6O3S/c1-13-16(14(2)24(19-13)15-7-9-28(26,27)11-15)10-21(3)12-23-18(25)22-8-5-4-6-17(22)20-23/h4-6,8,15H,7,9-12H2,1-3H3. The molecule has 1 aliphatic heterocycles. The predicted molar refractivity (Wildman–Crippen MR) is 105 cm³/mol. The van der Waals surface area contributed by atoms with Crippen LogP contribution in [0.3, 0.4) is 0 Å². The quantitative estimate of drug-likeness (QED) is 0.623. The van der Waals surface area contributed by atoms with Gasteiger partial charge in [0.2, 0.25) is 0 Å². The number of sulfone groups is 1. The Morgan fingerprint density at radius 1 is 1.25 bits per heavy atom. The van der Waals surface area contributed by atoms with Crippen molar-refractivity contribution >= 4 is 15.5 Å². The van der Waals surface area contributed by atoms with E-state index in [0.29, 0.717) is 25.3 Å². The third kappa shape index (κ3) is 3.37. The number of rotatable bonds is 5. The molecule has 1 atom stereocenters. The van der Waals surface area contributed by atoms with Crippen LogP contribution in [-0.4, -0.2) is 55.8 Å². The average Bonchev–Trinajstić information content (AvgIpc) is 3.25. The van der Waals surface area contributed by atoms with E-state index in [1.54, 1.807) is 18.3 Å². The first-order valence-corrected chi connectivity index (χ1v) is 11.0. The van der Waals surface area contributed by atoms with Gasteiger partial charge in [-0.05, 0) is 39.4 Å². The van der Waals surface area contributed by atoms with Gasteiger partial charge in [-0.1, -0.05) is 6.07 Å². The summed E-state index contributed by atoms with van der Waals surface area (Å²) in [5.41, 5.74) is 3.36. The molecule has 0 N–H and O–H groups in total. The van der Waals surface area contributed by atoms with Gasteiger partial charge in [-0.15, -0.1) is 5.10 Å². The molecule has 4 heterocycles. The summed E-state index contributed by atoms with van der Waals surface area (Å²) in [6.45, 7) is 4.86. The number of aryl methyl sites for hydroxylation is 1. The number of fused-ring (bicyclic) bond motifs is 1. The first-order valence-electron chi connectivity index (χ1n) is 9.23. The SMILES string of the molecule is Cc1nn(C2CCS(=O)(=O)C2)c(C)c1CN(C)Cn1nc2ccccn2c1=O. The molecule has 0 spiro atoms. The first-order chi connectivity index (χ1) is 13.2. The van der Waals surface area contributed by atoms with Crippen molar-refractivity contribution in [2.45, 2.75) is 39.5 Å². The van der Waals surface area contributed by atoms with Crippen molar-refractivity contribution < 1.29 is 8.42 Å². The lowest BCUT2D eigenvalue weighted by atomic mass is 10.2.